The van der Waals surface area contributed by atoms with Crippen molar-refractivity contribution in [3.63, 3.8) is 0 Å². The van der Waals surface area contributed by atoms with Gasteiger partial charge in [-0.2, -0.15) is 0 Å². The van der Waals surface area contributed by atoms with Gasteiger partial charge in [-0.1, -0.05) is 60.7 Å². The minimum atomic E-state index is -3.81. The largest absolute Gasteiger partial charge is 0.490 e. The van der Waals surface area contributed by atoms with E-state index in [0.29, 0.717) is 22.1 Å². The predicted molar refractivity (Wildman–Crippen MR) is 146 cm³/mol. The summed E-state index contributed by atoms with van der Waals surface area (Å²) in [6, 6.07) is 30.3. The highest BCUT2D eigenvalue weighted by Crippen LogP contribution is 2.42. The van der Waals surface area contributed by atoms with Crippen LogP contribution in [-0.2, 0) is 13.9 Å². The molecule has 0 bridgehead atoms. The molecule has 0 aliphatic carbocycles. The Morgan fingerprint density at radius 3 is 1.24 bits per heavy atom. The summed E-state index contributed by atoms with van der Waals surface area (Å²) in [4.78, 5) is 21.5. The normalized spacial score (nSPS) is 14.3. The molecule has 4 rings (SSSR count). The molecule has 0 aromatic heterocycles. The molecule has 0 amide bonds. The van der Waals surface area contributed by atoms with Crippen LogP contribution in [0.25, 0.3) is 0 Å². The van der Waals surface area contributed by atoms with Gasteiger partial charge in [-0.3, -0.25) is 9.13 Å². The average molecular weight is 538 g/mol. The highest BCUT2D eigenvalue weighted by molar-refractivity contribution is 7.74. The molecule has 9 heteroatoms. The summed E-state index contributed by atoms with van der Waals surface area (Å²) >= 11 is 0. The van der Waals surface area contributed by atoms with Crippen LogP contribution in [0.3, 0.4) is 0 Å². The number of hydrogen-bond donors (Lipinski definition) is 2. The minimum absolute atomic E-state index is 0.169. The quantitative estimate of drug-likeness (QED) is 0.210. The van der Waals surface area contributed by atoms with Crippen LogP contribution in [0.2, 0.25) is 0 Å². The van der Waals surface area contributed by atoms with Gasteiger partial charge in [0.05, 0.1) is 23.8 Å². The van der Waals surface area contributed by atoms with E-state index in [4.69, 9.17) is 14.2 Å². The summed E-state index contributed by atoms with van der Waals surface area (Å²) in [6.07, 6.45) is 0. The van der Waals surface area contributed by atoms with Crippen molar-refractivity contribution in [1.29, 1.82) is 0 Å². The first kappa shape index (κ1) is 26.9. The topological polar surface area (TPSA) is 102 Å². The van der Waals surface area contributed by atoms with E-state index in [1.807, 2.05) is 0 Å². The SMILES string of the molecule is O=P(O)(c1ccccc1)c1ccccc1OCCOCCOc1ccccc1P(=O)(O)c1ccccc1. The van der Waals surface area contributed by atoms with Gasteiger partial charge in [0.15, 0.2) is 0 Å². The van der Waals surface area contributed by atoms with Gasteiger partial charge in [0, 0.05) is 10.6 Å². The Kier molecular flexibility index (Phi) is 8.99. The van der Waals surface area contributed by atoms with E-state index >= 15 is 0 Å². The number of rotatable bonds is 12. The maximum Gasteiger partial charge on any atom is 0.262 e. The summed E-state index contributed by atoms with van der Waals surface area (Å²) in [6.45, 7) is 0.788. The summed E-state index contributed by atoms with van der Waals surface area (Å²) in [5, 5.41) is 1.12. The standard InChI is InChI=1S/C28H28O7P2/c29-36(30,23-11-3-1-4-12-23)27-17-9-7-15-25(27)34-21-19-33-20-22-35-26-16-8-10-18-28(26)37(31,32)24-13-5-2-6-14-24/h1-18H,19-22H2,(H,29,30)(H,31,32). The number of hydrogen-bond acceptors (Lipinski definition) is 5. The van der Waals surface area contributed by atoms with Crippen LogP contribution in [0.1, 0.15) is 0 Å². The van der Waals surface area contributed by atoms with Crippen LogP contribution in [0.15, 0.2) is 109 Å². The Morgan fingerprint density at radius 1 is 0.486 bits per heavy atom. The highest BCUT2D eigenvalue weighted by atomic mass is 31.2. The molecule has 0 radical (unpaired) electrons. The maximum absolute atomic E-state index is 13.1. The van der Waals surface area contributed by atoms with Crippen molar-refractivity contribution in [2.75, 3.05) is 26.4 Å². The third-order valence-corrected chi connectivity index (χ3v) is 9.61. The lowest BCUT2D eigenvalue weighted by Gasteiger charge is -2.17. The third kappa shape index (κ3) is 6.58. The Labute approximate surface area is 216 Å². The Morgan fingerprint density at radius 2 is 0.838 bits per heavy atom. The maximum atomic E-state index is 13.1. The van der Waals surface area contributed by atoms with Gasteiger partial charge in [-0.25, -0.2) is 0 Å². The van der Waals surface area contributed by atoms with Crippen molar-refractivity contribution >= 4 is 36.0 Å². The fraction of sp³-hybridized carbons (Fsp3) is 0.143. The Balaban J connectivity index is 1.28. The Bertz CT molecular complexity index is 1290. The number of para-hydroxylation sites is 2. The molecule has 37 heavy (non-hydrogen) atoms. The van der Waals surface area contributed by atoms with Crippen LogP contribution in [0, 0.1) is 0 Å². The average Bonchev–Trinajstić information content (AvgIpc) is 2.94. The van der Waals surface area contributed by atoms with Crippen molar-refractivity contribution in [1.82, 2.24) is 0 Å². The molecule has 192 valence electrons. The van der Waals surface area contributed by atoms with Gasteiger partial charge < -0.3 is 24.0 Å². The van der Waals surface area contributed by atoms with E-state index < -0.39 is 14.7 Å². The zero-order valence-electron chi connectivity index (χ0n) is 20.1. The fourth-order valence-corrected chi connectivity index (χ4v) is 6.88. The first-order valence-corrected chi connectivity index (χ1v) is 15.0. The van der Waals surface area contributed by atoms with Crippen LogP contribution >= 0.6 is 14.7 Å². The lowest BCUT2D eigenvalue weighted by molar-refractivity contribution is 0.0769. The monoisotopic (exact) mass is 538 g/mol. The van der Waals surface area contributed by atoms with Gasteiger partial charge in [0.2, 0.25) is 0 Å². The number of ether oxygens (including phenoxy) is 3. The lowest BCUT2D eigenvalue weighted by Crippen LogP contribution is -2.20. The van der Waals surface area contributed by atoms with E-state index in [2.05, 4.69) is 0 Å². The van der Waals surface area contributed by atoms with E-state index in [1.54, 1.807) is 109 Å². The second kappa shape index (κ2) is 12.4. The fourth-order valence-electron chi connectivity index (χ4n) is 3.72. The summed E-state index contributed by atoms with van der Waals surface area (Å²) < 4.78 is 43.3. The molecule has 2 N–H and O–H groups in total. The van der Waals surface area contributed by atoms with Crippen molar-refractivity contribution in [2.45, 2.75) is 0 Å². The number of benzene rings is 4. The van der Waals surface area contributed by atoms with E-state index in [0.717, 1.165) is 0 Å². The van der Waals surface area contributed by atoms with E-state index in [1.165, 1.54) is 0 Å². The van der Waals surface area contributed by atoms with Crippen LogP contribution in [0.5, 0.6) is 11.5 Å². The lowest BCUT2D eigenvalue weighted by atomic mass is 10.3. The van der Waals surface area contributed by atoms with Gasteiger partial charge in [-0.15, -0.1) is 0 Å². The third-order valence-electron chi connectivity index (χ3n) is 5.57. The smallest absolute Gasteiger partial charge is 0.262 e. The van der Waals surface area contributed by atoms with E-state index in [9.17, 15) is 18.9 Å². The highest BCUT2D eigenvalue weighted by Gasteiger charge is 2.28. The van der Waals surface area contributed by atoms with E-state index in [-0.39, 0.29) is 37.0 Å². The van der Waals surface area contributed by atoms with Gasteiger partial charge in [-0.05, 0) is 48.5 Å². The van der Waals surface area contributed by atoms with Crippen molar-refractivity contribution in [3.05, 3.63) is 109 Å². The summed E-state index contributed by atoms with van der Waals surface area (Å²) in [5.41, 5.74) is 0. The predicted octanol–water partition coefficient (Wildman–Crippen LogP) is 3.60. The molecule has 2 atom stereocenters. The van der Waals surface area contributed by atoms with Crippen LogP contribution in [0.4, 0.5) is 0 Å². The molecular formula is C28H28O7P2. The second-order valence-electron chi connectivity index (χ2n) is 8.07. The first-order valence-electron chi connectivity index (χ1n) is 11.7. The molecule has 4 aromatic carbocycles. The molecule has 0 saturated heterocycles. The Hall–Kier alpha value is -3.18. The van der Waals surface area contributed by atoms with Crippen molar-refractivity contribution in [2.24, 2.45) is 0 Å². The first-order chi connectivity index (χ1) is 17.9. The molecule has 0 saturated carbocycles. The van der Waals surface area contributed by atoms with Crippen LogP contribution < -0.4 is 30.7 Å². The molecule has 0 fully saturated rings. The van der Waals surface area contributed by atoms with Gasteiger partial charge in [0.25, 0.3) is 14.7 Å². The summed E-state index contributed by atoms with van der Waals surface area (Å²) in [7, 11) is -7.61. The molecule has 2 unspecified atom stereocenters. The second-order valence-corrected chi connectivity index (χ2v) is 12.4. The van der Waals surface area contributed by atoms with Gasteiger partial charge >= 0.3 is 0 Å². The van der Waals surface area contributed by atoms with Crippen molar-refractivity contribution in [3.8, 4) is 11.5 Å². The molecule has 0 heterocycles. The molecular weight excluding hydrogens is 510 g/mol. The molecule has 0 spiro atoms. The molecule has 4 aromatic rings. The van der Waals surface area contributed by atoms with Crippen molar-refractivity contribution < 1.29 is 33.1 Å². The van der Waals surface area contributed by atoms with Gasteiger partial charge in [0.1, 0.15) is 24.7 Å². The zero-order valence-corrected chi connectivity index (χ0v) is 21.8. The zero-order chi connectivity index (χ0) is 26.1. The summed E-state index contributed by atoms with van der Waals surface area (Å²) in [5.74, 6) is 0.649. The minimum Gasteiger partial charge on any atom is -0.490 e. The molecule has 0 aliphatic rings. The molecule has 0 aliphatic heterocycles. The van der Waals surface area contributed by atoms with Crippen LogP contribution in [-0.4, -0.2) is 36.2 Å². The molecule has 7 nitrogen and oxygen atoms in total.